The quantitative estimate of drug-likeness (QED) is 0.493. The van der Waals surface area contributed by atoms with E-state index in [1.54, 1.807) is 6.92 Å². The molecule has 1 unspecified atom stereocenters. The maximum Gasteiger partial charge on any atom is 0.294 e. The Morgan fingerprint density at radius 2 is 2.21 bits per heavy atom. The predicted octanol–water partition coefficient (Wildman–Crippen LogP) is 1.89. The number of aliphatic hydroxyl groups is 1. The molecule has 0 spiro atoms. The minimum atomic E-state index is -3.22. The number of alkyl halides is 2. The topological polar surface area (TPSA) is 46.2 Å². The van der Waals surface area contributed by atoms with Crippen molar-refractivity contribution in [3.8, 4) is 0 Å². The summed E-state index contributed by atoms with van der Waals surface area (Å²) in [5, 5.41) is 9.20. The number of nitrogens with two attached hydrogens (primary N) is 1. The van der Waals surface area contributed by atoms with Crippen LogP contribution in [0.25, 0.3) is 0 Å². The number of rotatable bonds is 7. The number of halogens is 2. The van der Waals surface area contributed by atoms with Crippen molar-refractivity contribution in [3.05, 3.63) is 18.6 Å². The van der Waals surface area contributed by atoms with Gasteiger partial charge in [-0.1, -0.05) is 13.5 Å². The molecule has 0 amide bonds. The molecule has 0 saturated carbocycles. The molecule has 1 atom stereocenters. The normalized spacial score (nSPS) is 14.1. The number of hydrogen-bond acceptors (Lipinski definition) is 2. The first-order chi connectivity index (χ1) is 6.46. The van der Waals surface area contributed by atoms with Crippen LogP contribution in [-0.4, -0.2) is 23.7 Å². The molecular weight excluding hydrogens is 188 g/mol. The zero-order valence-corrected chi connectivity index (χ0v) is 8.47. The lowest BCUT2D eigenvalue weighted by molar-refractivity contribution is -0.0649. The van der Waals surface area contributed by atoms with Crippen LogP contribution in [0.5, 0.6) is 0 Å². The van der Waals surface area contributed by atoms with Gasteiger partial charge in [-0.05, 0) is 37.8 Å². The highest BCUT2D eigenvalue weighted by molar-refractivity contribution is 5.12. The van der Waals surface area contributed by atoms with E-state index in [1.165, 1.54) is 6.42 Å². The fourth-order valence-corrected chi connectivity index (χ4v) is 0.986. The Hall–Kier alpha value is -0.480. The van der Waals surface area contributed by atoms with Crippen LogP contribution in [0.1, 0.15) is 26.2 Å². The molecule has 0 bridgehead atoms. The van der Waals surface area contributed by atoms with Gasteiger partial charge in [-0.2, -0.15) is 8.78 Å². The number of hydrogen-bond donors (Lipinski definition) is 2. The van der Waals surface area contributed by atoms with E-state index in [0.29, 0.717) is 19.4 Å². The minimum Gasteiger partial charge on any atom is -0.386 e. The molecule has 2 nitrogen and oxygen atoms in total. The van der Waals surface area contributed by atoms with Crippen molar-refractivity contribution >= 4 is 0 Å². The largest absolute Gasteiger partial charge is 0.386 e. The summed E-state index contributed by atoms with van der Waals surface area (Å²) in [5.41, 5.74) is 4.96. The summed E-state index contributed by atoms with van der Waals surface area (Å²) < 4.78 is 26.5. The van der Waals surface area contributed by atoms with Crippen LogP contribution < -0.4 is 5.73 Å². The smallest absolute Gasteiger partial charge is 0.294 e. The van der Waals surface area contributed by atoms with Crippen molar-refractivity contribution in [2.75, 3.05) is 6.54 Å². The predicted molar refractivity (Wildman–Crippen MR) is 53.0 cm³/mol. The molecule has 0 saturated heterocycles. The van der Waals surface area contributed by atoms with Gasteiger partial charge in [-0.15, -0.1) is 0 Å². The first kappa shape index (κ1) is 13.5. The fourth-order valence-electron chi connectivity index (χ4n) is 0.986. The van der Waals surface area contributed by atoms with E-state index in [0.717, 1.165) is 0 Å². The van der Waals surface area contributed by atoms with Gasteiger partial charge in [0.2, 0.25) is 0 Å². The van der Waals surface area contributed by atoms with Gasteiger partial charge in [0, 0.05) is 0 Å². The minimum absolute atomic E-state index is 0.161. The first-order valence-electron chi connectivity index (χ1n) is 4.74. The SMILES string of the molecule is C=C(CC)C(F)(F)C(O)[CH]CCCN. The summed E-state index contributed by atoms with van der Waals surface area (Å²) in [5.74, 6) is -3.22. The highest BCUT2D eigenvalue weighted by atomic mass is 19.3. The third kappa shape index (κ3) is 3.72. The van der Waals surface area contributed by atoms with E-state index in [9.17, 15) is 13.9 Å². The van der Waals surface area contributed by atoms with Gasteiger partial charge in [0.1, 0.15) is 6.10 Å². The van der Waals surface area contributed by atoms with Crippen LogP contribution in [0.2, 0.25) is 0 Å². The van der Waals surface area contributed by atoms with E-state index in [1.807, 2.05) is 0 Å². The molecule has 83 valence electrons. The zero-order chi connectivity index (χ0) is 11.2. The Kier molecular flexibility index (Phi) is 5.88. The van der Waals surface area contributed by atoms with Gasteiger partial charge >= 0.3 is 0 Å². The van der Waals surface area contributed by atoms with E-state index >= 15 is 0 Å². The summed E-state index contributed by atoms with van der Waals surface area (Å²) in [6, 6.07) is 0. The molecule has 0 heterocycles. The van der Waals surface area contributed by atoms with Gasteiger partial charge in [-0.3, -0.25) is 0 Å². The molecule has 0 rings (SSSR count). The molecule has 0 aliphatic heterocycles. The molecule has 3 N–H and O–H groups in total. The second kappa shape index (κ2) is 6.09. The fraction of sp³-hybridized carbons (Fsp3) is 0.700. The average molecular weight is 206 g/mol. The lowest BCUT2D eigenvalue weighted by Crippen LogP contribution is -2.35. The van der Waals surface area contributed by atoms with Crippen molar-refractivity contribution in [2.24, 2.45) is 5.73 Å². The number of aliphatic hydroxyl groups excluding tert-OH is 1. The lowest BCUT2D eigenvalue weighted by Gasteiger charge is -2.23. The Labute approximate surface area is 83.8 Å². The van der Waals surface area contributed by atoms with Crippen LogP contribution >= 0.6 is 0 Å². The third-order valence-corrected chi connectivity index (χ3v) is 2.07. The monoisotopic (exact) mass is 206 g/mol. The zero-order valence-electron chi connectivity index (χ0n) is 8.47. The molecule has 0 aliphatic rings. The lowest BCUT2D eigenvalue weighted by atomic mass is 9.98. The summed E-state index contributed by atoms with van der Waals surface area (Å²) in [6.45, 7) is 5.26. The van der Waals surface area contributed by atoms with Crippen molar-refractivity contribution in [2.45, 2.75) is 38.2 Å². The van der Waals surface area contributed by atoms with Crippen LogP contribution in [0.3, 0.4) is 0 Å². The van der Waals surface area contributed by atoms with Crippen molar-refractivity contribution in [1.82, 2.24) is 0 Å². The molecule has 14 heavy (non-hydrogen) atoms. The Bertz CT molecular complexity index is 183. The van der Waals surface area contributed by atoms with Crippen molar-refractivity contribution < 1.29 is 13.9 Å². The van der Waals surface area contributed by atoms with Crippen LogP contribution in [0.4, 0.5) is 8.78 Å². The van der Waals surface area contributed by atoms with Gasteiger partial charge in [0.25, 0.3) is 5.92 Å². The molecule has 0 aliphatic carbocycles. The summed E-state index contributed by atoms with van der Waals surface area (Å²) in [4.78, 5) is 0. The molecule has 1 radical (unpaired) electrons. The van der Waals surface area contributed by atoms with Crippen molar-refractivity contribution in [1.29, 1.82) is 0 Å². The molecule has 0 aromatic rings. The summed E-state index contributed by atoms with van der Waals surface area (Å²) in [7, 11) is 0. The van der Waals surface area contributed by atoms with E-state index in [2.05, 4.69) is 6.58 Å². The van der Waals surface area contributed by atoms with E-state index in [4.69, 9.17) is 5.73 Å². The standard InChI is InChI=1S/C10H18F2NO/c1-3-8(2)10(11,12)9(14)6-4-5-7-13/h6,9,14H,2-5,7,13H2,1H3. The average Bonchev–Trinajstić information content (AvgIpc) is 2.16. The van der Waals surface area contributed by atoms with Gasteiger partial charge in [0.15, 0.2) is 0 Å². The highest BCUT2D eigenvalue weighted by Gasteiger charge is 2.39. The van der Waals surface area contributed by atoms with Crippen LogP contribution in [-0.2, 0) is 0 Å². The maximum atomic E-state index is 13.2. The molecule has 0 aromatic heterocycles. The first-order valence-corrected chi connectivity index (χ1v) is 4.74. The van der Waals surface area contributed by atoms with Gasteiger partial charge in [-0.25, -0.2) is 0 Å². The van der Waals surface area contributed by atoms with Gasteiger partial charge in [0.05, 0.1) is 0 Å². The third-order valence-electron chi connectivity index (χ3n) is 2.07. The Balaban J connectivity index is 4.07. The number of unbranched alkanes of at least 4 members (excludes halogenated alkanes) is 1. The van der Waals surface area contributed by atoms with Crippen molar-refractivity contribution in [3.63, 3.8) is 0 Å². The molecule has 0 fully saturated rings. The summed E-state index contributed by atoms with van der Waals surface area (Å²) >= 11 is 0. The second-order valence-corrected chi connectivity index (χ2v) is 3.19. The van der Waals surface area contributed by atoms with E-state index in [-0.39, 0.29) is 12.0 Å². The van der Waals surface area contributed by atoms with Crippen LogP contribution in [0.15, 0.2) is 12.2 Å². The van der Waals surface area contributed by atoms with Gasteiger partial charge < -0.3 is 10.8 Å². The molecule has 0 aromatic carbocycles. The highest BCUT2D eigenvalue weighted by Crippen LogP contribution is 2.30. The summed E-state index contributed by atoms with van der Waals surface area (Å²) in [6.07, 6.45) is 0.597. The van der Waals surface area contributed by atoms with Crippen LogP contribution in [0, 0.1) is 6.42 Å². The molecular formula is C10H18F2NO. The Morgan fingerprint density at radius 3 is 2.64 bits per heavy atom. The Morgan fingerprint density at radius 1 is 1.64 bits per heavy atom. The van der Waals surface area contributed by atoms with E-state index < -0.39 is 12.0 Å². The maximum absolute atomic E-state index is 13.2. The molecule has 4 heteroatoms. The second-order valence-electron chi connectivity index (χ2n) is 3.19.